The third-order valence-corrected chi connectivity index (χ3v) is 5.29. The number of rotatable bonds is 4. The van der Waals surface area contributed by atoms with Crippen molar-refractivity contribution in [3.8, 4) is 0 Å². The maximum absolute atomic E-state index is 13.3. The maximum Gasteiger partial charge on any atom is 0.254 e. The van der Waals surface area contributed by atoms with Crippen molar-refractivity contribution in [2.24, 2.45) is 0 Å². The number of hydrogen-bond acceptors (Lipinski definition) is 3. The summed E-state index contributed by atoms with van der Waals surface area (Å²) in [5.41, 5.74) is 4.07. The first-order valence-electron chi connectivity index (χ1n) is 9.04. The standard InChI is InChI=1S/C20H25N3O/c1-13-5-8-18-16(10-13)17(11-19(22-18)14-6-7-14)20(24)23-9-3-4-15(23)12-21-2/h5,8,10-11,14-15,21H,3-4,6-7,9,12H2,1-2H3. The fraction of sp³-hybridized carbons (Fsp3) is 0.500. The molecule has 2 fully saturated rings. The molecular formula is C20H25N3O. The summed E-state index contributed by atoms with van der Waals surface area (Å²) in [7, 11) is 1.96. The van der Waals surface area contributed by atoms with E-state index in [0.717, 1.165) is 48.1 Å². The third-order valence-electron chi connectivity index (χ3n) is 5.29. The van der Waals surface area contributed by atoms with Gasteiger partial charge < -0.3 is 10.2 Å². The number of nitrogens with zero attached hydrogens (tertiary/aromatic N) is 2. The van der Waals surface area contributed by atoms with Gasteiger partial charge in [-0.05, 0) is 57.9 Å². The molecule has 1 atom stereocenters. The number of likely N-dealkylation sites (N-methyl/N-ethyl adjacent to an activating group) is 1. The Hall–Kier alpha value is -1.94. The highest BCUT2D eigenvalue weighted by atomic mass is 16.2. The van der Waals surface area contributed by atoms with Gasteiger partial charge in [-0.15, -0.1) is 0 Å². The van der Waals surface area contributed by atoms with Crippen molar-refractivity contribution in [3.63, 3.8) is 0 Å². The van der Waals surface area contributed by atoms with E-state index in [9.17, 15) is 4.79 Å². The average molecular weight is 323 g/mol. The molecule has 1 aliphatic heterocycles. The van der Waals surface area contributed by atoms with Crippen molar-refractivity contribution in [1.82, 2.24) is 15.2 Å². The molecule has 1 aromatic heterocycles. The van der Waals surface area contributed by atoms with Crippen molar-refractivity contribution in [1.29, 1.82) is 0 Å². The number of carbonyl (C=O) groups excluding carboxylic acids is 1. The van der Waals surface area contributed by atoms with Crippen LogP contribution in [-0.4, -0.2) is 42.0 Å². The lowest BCUT2D eigenvalue weighted by Gasteiger charge is -2.25. The molecule has 4 heteroatoms. The number of benzene rings is 1. The van der Waals surface area contributed by atoms with Gasteiger partial charge in [0.05, 0.1) is 11.1 Å². The highest BCUT2D eigenvalue weighted by Crippen LogP contribution is 2.40. The highest BCUT2D eigenvalue weighted by Gasteiger charge is 2.32. The Morgan fingerprint density at radius 3 is 2.88 bits per heavy atom. The largest absolute Gasteiger partial charge is 0.334 e. The second-order valence-electron chi connectivity index (χ2n) is 7.24. The van der Waals surface area contributed by atoms with E-state index in [1.165, 1.54) is 18.4 Å². The molecule has 0 bridgehead atoms. The minimum atomic E-state index is 0.174. The van der Waals surface area contributed by atoms with Crippen LogP contribution in [0.1, 0.15) is 53.2 Å². The summed E-state index contributed by atoms with van der Waals surface area (Å²) < 4.78 is 0. The van der Waals surface area contributed by atoms with Gasteiger partial charge in [0.2, 0.25) is 0 Å². The molecule has 24 heavy (non-hydrogen) atoms. The van der Waals surface area contributed by atoms with E-state index in [1.54, 1.807) is 0 Å². The molecule has 1 aromatic carbocycles. The molecule has 2 aliphatic rings. The topological polar surface area (TPSA) is 45.2 Å². The molecule has 2 heterocycles. The van der Waals surface area contributed by atoms with Gasteiger partial charge in [-0.1, -0.05) is 11.6 Å². The molecule has 4 rings (SSSR count). The van der Waals surface area contributed by atoms with Gasteiger partial charge in [-0.2, -0.15) is 0 Å². The smallest absolute Gasteiger partial charge is 0.254 e. The summed E-state index contributed by atoms with van der Waals surface area (Å²) in [5.74, 6) is 0.724. The monoisotopic (exact) mass is 323 g/mol. The number of hydrogen-bond donors (Lipinski definition) is 1. The van der Waals surface area contributed by atoms with Crippen LogP contribution in [0, 0.1) is 6.92 Å². The van der Waals surface area contributed by atoms with Crippen molar-refractivity contribution < 1.29 is 4.79 Å². The summed E-state index contributed by atoms with van der Waals surface area (Å²) in [5, 5.41) is 4.23. The summed E-state index contributed by atoms with van der Waals surface area (Å²) in [6.45, 7) is 3.80. The maximum atomic E-state index is 13.3. The van der Waals surface area contributed by atoms with Crippen LogP contribution in [0.3, 0.4) is 0 Å². The number of likely N-dealkylation sites (tertiary alicyclic amines) is 1. The molecular weight excluding hydrogens is 298 g/mol. The van der Waals surface area contributed by atoms with Gasteiger partial charge in [0.1, 0.15) is 0 Å². The van der Waals surface area contributed by atoms with Crippen LogP contribution in [0.4, 0.5) is 0 Å². The Kier molecular flexibility index (Phi) is 4.01. The van der Waals surface area contributed by atoms with E-state index in [4.69, 9.17) is 4.98 Å². The summed E-state index contributed by atoms with van der Waals surface area (Å²) >= 11 is 0. The predicted octanol–water partition coefficient (Wildman–Crippen LogP) is 3.24. The molecule has 126 valence electrons. The SMILES string of the molecule is CNCC1CCCN1C(=O)c1cc(C2CC2)nc2ccc(C)cc12. The number of fused-ring (bicyclic) bond motifs is 1. The molecule has 2 aromatic rings. The lowest BCUT2D eigenvalue weighted by molar-refractivity contribution is 0.0739. The summed E-state index contributed by atoms with van der Waals surface area (Å²) in [6, 6.07) is 8.62. The van der Waals surface area contributed by atoms with Crippen LogP contribution < -0.4 is 5.32 Å². The first-order chi connectivity index (χ1) is 11.7. The van der Waals surface area contributed by atoms with Crippen molar-refractivity contribution in [2.75, 3.05) is 20.1 Å². The van der Waals surface area contributed by atoms with Crippen LogP contribution in [0.15, 0.2) is 24.3 Å². The second kappa shape index (κ2) is 6.17. The fourth-order valence-electron chi connectivity index (χ4n) is 3.83. The fourth-order valence-corrected chi connectivity index (χ4v) is 3.83. The normalized spacial score (nSPS) is 20.8. The number of pyridine rings is 1. The second-order valence-corrected chi connectivity index (χ2v) is 7.24. The first kappa shape index (κ1) is 15.6. The summed E-state index contributed by atoms with van der Waals surface area (Å²) in [6.07, 6.45) is 4.58. The molecule has 1 unspecified atom stereocenters. The molecule has 4 nitrogen and oxygen atoms in total. The highest BCUT2D eigenvalue weighted by molar-refractivity contribution is 6.06. The number of aromatic nitrogens is 1. The number of carbonyl (C=O) groups is 1. The van der Waals surface area contributed by atoms with Crippen molar-refractivity contribution in [2.45, 2.75) is 44.6 Å². The van der Waals surface area contributed by atoms with Gasteiger partial charge in [0, 0.05) is 36.1 Å². The van der Waals surface area contributed by atoms with Gasteiger partial charge in [-0.25, -0.2) is 0 Å². The van der Waals surface area contributed by atoms with Crippen molar-refractivity contribution in [3.05, 3.63) is 41.1 Å². The van der Waals surface area contributed by atoms with Gasteiger partial charge in [-0.3, -0.25) is 9.78 Å². The Morgan fingerprint density at radius 2 is 2.12 bits per heavy atom. The Labute approximate surface area is 143 Å². The van der Waals surface area contributed by atoms with Crippen LogP contribution in [0.2, 0.25) is 0 Å². The van der Waals surface area contributed by atoms with E-state index < -0.39 is 0 Å². The molecule has 1 saturated carbocycles. The average Bonchev–Trinajstić information content (AvgIpc) is 3.33. The molecule has 1 aliphatic carbocycles. The van der Waals surface area contributed by atoms with Gasteiger partial charge >= 0.3 is 0 Å². The first-order valence-corrected chi connectivity index (χ1v) is 9.04. The quantitative estimate of drug-likeness (QED) is 0.939. The van der Waals surface area contributed by atoms with E-state index in [1.807, 2.05) is 7.05 Å². The Balaban J connectivity index is 1.79. The van der Waals surface area contributed by atoms with Gasteiger partial charge in [0.15, 0.2) is 0 Å². The molecule has 1 saturated heterocycles. The minimum Gasteiger partial charge on any atom is -0.334 e. The number of nitrogens with one attached hydrogen (secondary N) is 1. The molecule has 1 N–H and O–H groups in total. The van der Waals surface area contributed by atoms with E-state index in [-0.39, 0.29) is 5.91 Å². The zero-order valence-electron chi connectivity index (χ0n) is 14.5. The van der Waals surface area contributed by atoms with Crippen LogP contribution in [-0.2, 0) is 0 Å². The predicted molar refractivity (Wildman–Crippen MR) is 96.4 cm³/mol. The third kappa shape index (κ3) is 2.80. The Morgan fingerprint density at radius 1 is 1.29 bits per heavy atom. The Bertz CT molecular complexity index is 782. The number of aryl methyl sites for hydroxylation is 1. The van der Waals surface area contributed by atoms with Crippen LogP contribution >= 0.6 is 0 Å². The van der Waals surface area contributed by atoms with Crippen LogP contribution in [0.25, 0.3) is 10.9 Å². The van der Waals surface area contributed by atoms with E-state index >= 15 is 0 Å². The lowest BCUT2D eigenvalue weighted by Crippen LogP contribution is -2.41. The van der Waals surface area contributed by atoms with E-state index in [2.05, 4.69) is 41.4 Å². The van der Waals surface area contributed by atoms with Gasteiger partial charge in [0.25, 0.3) is 5.91 Å². The van der Waals surface area contributed by atoms with Crippen molar-refractivity contribution >= 4 is 16.8 Å². The minimum absolute atomic E-state index is 0.174. The molecule has 1 amide bonds. The zero-order valence-corrected chi connectivity index (χ0v) is 14.5. The van der Waals surface area contributed by atoms with Crippen LogP contribution in [0.5, 0.6) is 0 Å². The lowest BCUT2D eigenvalue weighted by atomic mass is 10.0. The number of amides is 1. The summed E-state index contributed by atoms with van der Waals surface area (Å²) in [4.78, 5) is 20.2. The zero-order chi connectivity index (χ0) is 16.7. The van der Waals surface area contributed by atoms with E-state index in [0.29, 0.717) is 12.0 Å². The molecule has 0 spiro atoms. The molecule has 0 radical (unpaired) electrons.